The van der Waals surface area contributed by atoms with Crippen molar-refractivity contribution in [3.05, 3.63) is 29.3 Å². The van der Waals surface area contributed by atoms with Crippen molar-refractivity contribution < 1.29 is 19.4 Å². The lowest BCUT2D eigenvalue weighted by Crippen LogP contribution is -2.41. The maximum Gasteiger partial charge on any atom is 0.326 e. The number of hydrogen-bond donors (Lipinski definition) is 1. The average Bonchev–Trinajstić information content (AvgIpc) is 2.38. The summed E-state index contributed by atoms with van der Waals surface area (Å²) in [4.78, 5) is 24.5. The van der Waals surface area contributed by atoms with Crippen LogP contribution in [-0.4, -0.2) is 42.1 Å². The number of aryl methyl sites for hydroxylation is 1. The zero-order chi connectivity index (χ0) is 14.6. The van der Waals surface area contributed by atoms with Gasteiger partial charge in [-0.2, -0.15) is 0 Å². The van der Waals surface area contributed by atoms with Crippen LogP contribution in [0, 0.1) is 6.92 Å². The van der Waals surface area contributed by atoms with Gasteiger partial charge in [0.1, 0.15) is 11.8 Å². The van der Waals surface area contributed by atoms with Crippen molar-refractivity contribution in [1.29, 1.82) is 0 Å². The molecule has 0 saturated heterocycles. The van der Waals surface area contributed by atoms with E-state index in [0.717, 1.165) is 5.56 Å². The second kappa shape index (κ2) is 6.22. The van der Waals surface area contributed by atoms with Gasteiger partial charge in [-0.15, -0.1) is 0 Å². The van der Waals surface area contributed by atoms with Gasteiger partial charge in [0.15, 0.2) is 0 Å². The number of aliphatic carboxylic acids is 1. The van der Waals surface area contributed by atoms with Crippen molar-refractivity contribution in [3.63, 3.8) is 0 Å². The Kier molecular flexibility index (Phi) is 4.92. The lowest BCUT2D eigenvalue weighted by Gasteiger charge is -2.24. The van der Waals surface area contributed by atoms with E-state index < -0.39 is 12.0 Å². The number of hydrogen-bond acceptors (Lipinski definition) is 3. The highest BCUT2D eigenvalue weighted by atomic mass is 16.5. The molecule has 0 saturated carbocycles. The Labute approximate surface area is 112 Å². The van der Waals surface area contributed by atoms with Gasteiger partial charge in [0, 0.05) is 12.6 Å². The van der Waals surface area contributed by atoms with Crippen LogP contribution < -0.4 is 4.74 Å². The van der Waals surface area contributed by atoms with Crippen molar-refractivity contribution in [1.82, 2.24) is 4.90 Å². The van der Waals surface area contributed by atoms with Crippen LogP contribution in [0.25, 0.3) is 0 Å². The molecule has 0 aliphatic rings. The quantitative estimate of drug-likeness (QED) is 0.883. The Morgan fingerprint density at radius 1 is 1.42 bits per heavy atom. The van der Waals surface area contributed by atoms with E-state index in [1.165, 1.54) is 19.1 Å². The molecule has 0 heterocycles. The first kappa shape index (κ1) is 15.0. The lowest BCUT2D eigenvalue weighted by molar-refractivity contribution is -0.142. The summed E-state index contributed by atoms with van der Waals surface area (Å²) in [6.07, 6.45) is 0.362. The fraction of sp³-hybridized carbons (Fsp3) is 0.429. The number of amides is 1. The molecular weight excluding hydrogens is 246 g/mol. The smallest absolute Gasteiger partial charge is 0.326 e. The highest BCUT2D eigenvalue weighted by molar-refractivity contribution is 5.96. The topological polar surface area (TPSA) is 66.8 Å². The summed E-state index contributed by atoms with van der Waals surface area (Å²) in [6, 6.07) is 4.26. The molecule has 0 spiro atoms. The third kappa shape index (κ3) is 3.24. The van der Waals surface area contributed by atoms with Crippen molar-refractivity contribution in [2.75, 3.05) is 14.2 Å². The zero-order valence-electron chi connectivity index (χ0n) is 11.6. The van der Waals surface area contributed by atoms with Crippen LogP contribution in [0.2, 0.25) is 0 Å². The molecule has 1 amide bonds. The monoisotopic (exact) mass is 265 g/mol. The normalized spacial score (nSPS) is 11.8. The van der Waals surface area contributed by atoms with Crippen LogP contribution in [0.1, 0.15) is 29.3 Å². The van der Waals surface area contributed by atoms with Crippen LogP contribution in [0.4, 0.5) is 0 Å². The Morgan fingerprint density at radius 2 is 2.05 bits per heavy atom. The number of ether oxygens (including phenoxy) is 1. The van der Waals surface area contributed by atoms with Gasteiger partial charge in [0.05, 0.1) is 7.11 Å². The van der Waals surface area contributed by atoms with Gasteiger partial charge < -0.3 is 14.7 Å². The highest BCUT2D eigenvalue weighted by Crippen LogP contribution is 2.20. The standard InChI is InChI=1S/C14H19NO4/c1-5-11(14(17)18)15(3)13(16)10-7-6-9(2)12(8-10)19-4/h6-8,11H,5H2,1-4H3,(H,17,18). The van der Waals surface area contributed by atoms with E-state index in [2.05, 4.69) is 0 Å². The molecule has 5 nitrogen and oxygen atoms in total. The van der Waals surface area contributed by atoms with Crippen LogP contribution in [-0.2, 0) is 4.79 Å². The summed E-state index contributed by atoms with van der Waals surface area (Å²) < 4.78 is 5.16. The van der Waals surface area contributed by atoms with Crippen LogP contribution in [0.5, 0.6) is 5.75 Å². The molecule has 1 N–H and O–H groups in total. The molecule has 1 rings (SSSR count). The molecule has 1 aromatic carbocycles. The first-order chi connectivity index (χ1) is 8.92. The van der Waals surface area contributed by atoms with E-state index in [1.54, 1.807) is 25.1 Å². The van der Waals surface area contributed by atoms with Crippen molar-refractivity contribution in [2.24, 2.45) is 0 Å². The van der Waals surface area contributed by atoms with E-state index in [0.29, 0.717) is 17.7 Å². The first-order valence-corrected chi connectivity index (χ1v) is 6.07. The second-order valence-electron chi connectivity index (χ2n) is 4.36. The van der Waals surface area contributed by atoms with Crippen LogP contribution in [0.15, 0.2) is 18.2 Å². The Hall–Kier alpha value is -2.04. The fourth-order valence-corrected chi connectivity index (χ4v) is 1.91. The minimum atomic E-state index is -1.00. The number of rotatable bonds is 5. The summed E-state index contributed by atoms with van der Waals surface area (Å²) in [6.45, 7) is 3.61. The maximum atomic E-state index is 12.2. The third-order valence-electron chi connectivity index (χ3n) is 3.11. The van der Waals surface area contributed by atoms with Crippen LogP contribution in [0.3, 0.4) is 0 Å². The molecule has 5 heteroatoms. The summed E-state index contributed by atoms with van der Waals surface area (Å²) >= 11 is 0. The molecule has 0 radical (unpaired) electrons. The van der Waals surface area contributed by atoms with E-state index in [9.17, 15) is 9.59 Å². The molecule has 1 aromatic rings. The molecular formula is C14H19NO4. The molecule has 0 aliphatic heterocycles. The minimum Gasteiger partial charge on any atom is -0.496 e. The van der Waals surface area contributed by atoms with Gasteiger partial charge in [-0.05, 0) is 31.0 Å². The number of carbonyl (C=O) groups is 2. The minimum absolute atomic E-state index is 0.326. The summed E-state index contributed by atoms with van der Waals surface area (Å²) in [5.41, 5.74) is 1.34. The number of carboxylic acid groups (broad SMARTS) is 1. The largest absolute Gasteiger partial charge is 0.496 e. The maximum absolute atomic E-state index is 12.2. The number of nitrogens with zero attached hydrogens (tertiary/aromatic N) is 1. The molecule has 1 unspecified atom stereocenters. The van der Waals surface area contributed by atoms with Crippen molar-refractivity contribution in [2.45, 2.75) is 26.3 Å². The average molecular weight is 265 g/mol. The molecule has 1 atom stereocenters. The number of methoxy groups -OCH3 is 1. The summed E-state index contributed by atoms with van der Waals surface area (Å²) in [5, 5.41) is 9.07. The summed E-state index contributed by atoms with van der Waals surface area (Å²) in [7, 11) is 3.03. The molecule has 0 aliphatic carbocycles. The molecule has 0 fully saturated rings. The number of carboxylic acids is 1. The van der Waals surface area contributed by atoms with E-state index in [-0.39, 0.29) is 5.91 Å². The number of likely N-dealkylation sites (N-methyl/N-ethyl adjacent to an activating group) is 1. The highest BCUT2D eigenvalue weighted by Gasteiger charge is 2.25. The Bertz CT molecular complexity index is 484. The van der Waals surface area contributed by atoms with Gasteiger partial charge in [-0.25, -0.2) is 4.79 Å². The van der Waals surface area contributed by atoms with Crippen LogP contribution >= 0.6 is 0 Å². The third-order valence-corrected chi connectivity index (χ3v) is 3.11. The Morgan fingerprint density at radius 3 is 2.53 bits per heavy atom. The first-order valence-electron chi connectivity index (χ1n) is 6.07. The van der Waals surface area contributed by atoms with E-state index in [1.807, 2.05) is 6.92 Å². The van der Waals surface area contributed by atoms with E-state index >= 15 is 0 Å². The predicted octanol–water partition coefficient (Wildman–Crippen LogP) is 1.94. The predicted molar refractivity (Wildman–Crippen MR) is 71.5 cm³/mol. The SMILES string of the molecule is CCC(C(=O)O)N(C)C(=O)c1ccc(C)c(OC)c1. The van der Waals surface area contributed by atoms with Gasteiger partial charge in [0.25, 0.3) is 5.91 Å². The summed E-state index contributed by atoms with van der Waals surface area (Å²) in [5.74, 6) is -0.715. The molecule has 104 valence electrons. The van der Waals surface area contributed by atoms with Gasteiger partial charge in [0.2, 0.25) is 0 Å². The van der Waals surface area contributed by atoms with Gasteiger partial charge in [-0.3, -0.25) is 4.79 Å². The fourth-order valence-electron chi connectivity index (χ4n) is 1.91. The van der Waals surface area contributed by atoms with Crippen molar-refractivity contribution in [3.8, 4) is 5.75 Å². The Balaban J connectivity index is 3.02. The molecule has 0 bridgehead atoms. The molecule has 0 aromatic heterocycles. The second-order valence-corrected chi connectivity index (χ2v) is 4.36. The number of benzene rings is 1. The molecule has 19 heavy (non-hydrogen) atoms. The lowest BCUT2D eigenvalue weighted by atomic mass is 10.1. The van der Waals surface area contributed by atoms with Gasteiger partial charge in [-0.1, -0.05) is 13.0 Å². The van der Waals surface area contributed by atoms with Gasteiger partial charge >= 0.3 is 5.97 Å². The zero-order valence-corrected chi connectivity index (χ0v) is 11.6. The number of carbonyl (C=O) groups excluding carboxylic acids is 1. The van der Waals surface area contributed by atoms with Crippen molar-refractivity contribution >= 4 is 11.9 Å². The van der Waals surface area contributed by atoms with E-state index in [4.69, 9.17) is 9.84 Å².